The van der Waals surface area contributed by atoms with Crippen molar-refractivity contribution < 1.29 is 9.53 Å². The van der Waals surface area contributed by atoms with Gasteiger partial charge in [0.1, 0.15) is 12.4 Å². The number of hydrogen-bond acceptors (Lipinski definition) is 3. The summed E-state index contributed by atoms with van der Waals surface area (Å²) in [7, 11) is 0. The monoisotopic (exact) mass is 370 g/mol. The van der Waals surface area contributed by atoms with Gasteiger partial charge in [-0.3, -0.25) is 4.79 Å². The quantitative estimate of drug-likeness (QED) is 0.873. The summed E-state index contributed by atoms with van der Waals surface area (Å²) in [5.41, 5.74) is 2.99. The Bertz CT molecular complexity index is 785. The molecule has 2 aliphatic rings. The van der Waals surface area contributed by atoms with Gasteiger partial charge in [0.15, 0.2) is 0 Å². The molecule has 1 N–H and O–H groups in total. The highest BCUT2D eigenvalue weighted by molar-refractivity contribution is 6.30. The summed E-state index contributed by atoms with van der Waals surface area (Å²) in [6.45, 7) is 3.71. The first-order valence-electron chi connectivity index (χ1n) is 9.22. The molecule has 0 spiro atoms. The van der Waals surface area contributed by atoms with Gasteiger partial charge in [-0.15, -0.1) is 0 Å². The summed E-state index contributed by atoms with van der Waals surface area (Å²) < 4.78 is 5.76. The minimum atomic E-state index is 0.0368. The number of carbonyl (C=O) groups is 1. The fraction of sp³-hybridized carbons (Fsp3) is 0.381. The molecule has 136 valence electrons. The summed E-state index contributed by atoms with van der Waals surface area (Å²) in [5, 5.41) is 4.10. The number of carbonyl (C=O) groups excluding carboxylic acids is 1. The molecular weight excluding hydrogens is 348 g/mol. The van der Waals surface area contributed by atoms with Crippen LogP contribution in [-0.4, -0.2) is 37.0 Å². The highest BCUT2D eigenvalue weighted by Crippen LogP contribution is 2.28. The lowest BCUT2D eigenvalue weighted by Gasteiger charge is -2.24. The van der Waals surface area contributed by atoms with Crippen LogP contribution in [0.1, 0.15) is 40.2 Å². The van der Waals surface area contributed by atoms with Crippen LogP contribution in [0.4, 0.5) is 0 Å². The van der Waals surface area contributed by atoms with E-state index in [1.807, 2.05) is 35.2 Å². The Morgan fingerprint density at radius 2 is 2.04 bits per heavy atom. The van der Waals surface area contributed by atoms with Crippen LogP contribution < -0.4 is 10.1 Å². The highest BCUT2D eigenvalue weighted by Gasteiger charge is 2.22. The number of nitrogens with one attached hydrogen (secondary N) is 1. The van der Waals surface area contributed by atoms with Gasteiger partial charge < -0.3 is 15.0 Å². The second-order valence-electron chi connectivity index (χ2n) is 6.99. The Morgan fingerprint density at radius 1 is 1.19 bits per heavy atom. The SMILES string of the molecule is O=C(c1ccc([C@H]2CCCNC2)cc1)N1CCOc2ccc(Cl)cc2C1. The molecule has 26 heavy (non-hydrogen) atoms. The lowest BCUT2D eigenvalue weighted by Crippen LogP contribution is -2.32. The van der Waals surface area contributed by atoms with Gasteiger partial charge in [-0.1, -0.05) is 23.7 Å². The van der Waals surface area contributed by atoms with E-state index in [4.69, 9.17) is 16.3 Å². The van der Waals surface area contributed by atoms with Crippen LogP contribution in [0.15, 0.2) is 42.5 Å². The van der Waals surface area contributed by atoms with Crippen LogP contribution in [0.25, 0.3) is 0 Å². The molecule has 4 nitrogen and oxygen atoms in total. The lowest BCUT2D eigenvalue weighted by molar-refractivity contribution is 0.0733. The second kappa shape index (κ2) is 7.68. The van der Waals surface area contributed by atoms with E-state index in [2.05, 4.69) is 17.4 Å². The van der Waals surface area contributed by atoms with Crippen molar-refractivity contribution in [2.45, 2.75) is 25.3 Å². The molecule has 1 atom stereocenters. The fourth-order valence-corrected chi connectivity index (χ4v) is 3.95. The van der Waals surface area contributed by atoms with Crippen molar-refractivity contribution >= 4 is 17.5 Å². The van der Waals surface area contributed by atoms with Crippen molar-refractivity contribution in [2.24, 2.45) is 0 Å². The van der Waals surface area contributed by atoms with E-state index in [-0.39, 0.29) is 5.91 Å². The van der Waals surface area contributed by atoms with E-state index < -0.39 is 0 Å². The minimum Gasteiger partial charge on any atom is -0.491 e. The van der Waals surface area contributed by atoms with Crippen LogP contribution in [-0.2, 0) is 6.54 Å². The largest absolute Gasteiger partial charge is 0.491 e. The van der Waals surface area contributed by atoms with Crippen LogP contribution >= 0.6 is 11.6 Å². The zero-order valence-electron chi connectivity index (χ0n) is 14.7. The van der Waals surface area contributed by atoms with Crippen molar-refractivity contribution in [3.63, 3.8) is 0 Å². The zero-order valence-corrected chi connectivity index (χ0v) is 15.5. The van der Waals surface area contributed by atoms with Crippen molar-refractivity contribution in [2.75, 3.05) is 26.2 Å². The van der Waals surface area contributed by atoms with E-state index in [0.29, 0.717) is 30.6 Å². The third-order valence-corrected chi connectivity index (χ3v) is 5.45. The first kappa shape index (κ1) is 17.4. The third kappa shape index (κ3) is 3.71. The summed E-state index contributed by atoms with van der Waals surface area (Å²) in [4.78, 5) is 14.8. The molecule has 2 heterocycles. The Labute approximate surface area is 159 Å². The standard InChI is InChI=1S/C21H23ClN2O2/c22-19-7-8-20-18(12-19)14-24(10-11-26-20)21(25)16-5-3-15(4-6-16)17-2-1-9-23-13-17/h3-8,12,17,23H,1-2,9-11,13-14H2/t17-/m0/s1. The van der Waals surface area contributed by atoms with Gasteiger partial charge in [-0.2, -0.15) is 0 Å². The molecule has 4 rings (SSSR count). The van der Waals surface area contributed by atoms with Crippen molar-refractivity contribution in [1.29, 1.82) is 0 Å². The predicted octanol–water partition coefficient (Wildman–Crippen LogP) is 3.84. The molecule has 1 saturated heterocycles. The Balaban J connectivity index is 1.50. The van der Waals surface area contributed by atoms with Crippen molar-refractivity contribution in [1.82, 2.24) is 10.2 Å². The van der Waals surface area contributed by atoms with Crippen LogP contribution in [0.2, 0.25) is 5.02 Å². The molecule has 2 aromatic carbocycles. The molecule has 0 bridgehead atoms. The molecule has 2 aromatic rings. The van der Waals surface area contributed by atoms with Crippen LogP contribution in [0.5, 0.6) is 5.75 Å². The van der Waals surface area contributed by atoms with Gasteiger partial charge in [-0.25, -0.2) is 0 Å². The van der Waals surface area contributed by atoms with E-state index in [9.17, 15) is 4.79 Å². The van der Waals surface area contributed by atoms with E-state index in [1.54, 1.807) is 0 Å². The number of piperidine rings is 1. The first-order chi connectivity index (χ1) is 12.7. The maximum atomic E-state index is 13.0. The maximum Gasteiger partial charge on any atom is 0.254 e. The minimum absolute atomic E-state index is 0.0368. The van der Waals surface area contributed by atoms with Gasteiger partial charge in [0.2, 0.25) is 0 Å². The fourth-order valence-electron chi connectivity index (χ4n) is 3.75. The molecule has 0 radical (unpaired) electrons. The Hall–Kier alpha value is -2.04. The van der Waals surface area contributed by atoms with E-state index in [1.165, 1.54) is 18.4 Å². The van der Waals surface area contributed by atoms with Gasteiger partial charge in [0, 0.05) is 29.2 Å². The molecule has 1 amide bonds. The summed E-state index contributed by atoms with van der Waals surface area (Å²) in [5.74, 6) is 1.40. The Kier molecular flexibility index (Phi) is 5.14. The molecule has 0 saturated carbocycles. The third-order valence-electron chi connectivity index (χ3n) is 5.22. The number of nitrogens with zero attached hydrogens (tertiary/aromatic N) is 1. The highest BCUT2D eigenvalue weighted by atomic mass is 35.5. The normalized spacial score (nSPS) is 20.0. The maximum absolute atomic E-state index is 13.0. The summed E-state index contributed by atoms with van der Waals surface area (Å²) in [6.07, 6.45) is 2.42. The van der Waals surface area contributed by atoms with E-state index >= 15 is 0 Å². The molecule has 0 aliphatic carbocycles. The topological polar surface area (TPSA) is 41.6 Å². The number of rotatable bonds is 2. The molecule has 0 aromatic heterocycles. The number of hydrogen-bond donors (Lipinski definition) is 1. The smallest absolute Gasteiger partial charge is 0.254 e. The number of benzene rings is 2. The van der Waals surface area contributed by atoms with Crippen molar-refractivity contribution in [3.8, 4) is 5.75 Å². The van der Waals surface area contributed by atoms with Crippen LogP contribution in [0.3, 0.4) is 0 Å². The van der Waals surface area contributed by atoms with Gasteiger partial charge >= 0.3 is 0 Å². The molecule has 5 heteroatoms. The average Bonchev–Trinajstić information content (AvgIpc) is 2.90. The number of fused-ring (bicyclic) bond motifs is 1. The number of amides is 1. The van der Waals surface area contributed by atoms with Gasteiger partial charge in [-0.05, 0) is 61.2 Å². The second-order valence-corrected chi connectivity index (χ2v) is 7.43. The lowest BCUT2D eigenvalue weighted by atomic mass is 9.91. The molecule has 2 aliphatic heterocycles. The van der Waals surface area contributed by atoms with E-state index in [0.717, 1.165) is 30.0 Å². The molecule has 0 unspecified atom stereocenters. The van der Waals surface area contributed by atoms with Crippen LogP contribution in [0, 0.1) is 0 Å². The first-order valence-corrected chi connectivity index (χ1v) is 9.60. The number of ether oxygens (including phenoxy) is 1. The predicted molar refractivity (Wildman–Crippen MR) is 103 cm³/mol. The zero-order chi connectivity index (χ0) is 17.9. The van der Waals surface area contributed by atoms with Crippen molar-refractivity contribution in [3.05, 3.63) is 64.2 Å². The number of halogens is 1. The molecule has 1 fully saturated rings. The Morgan fingerprint density at radius 3 is 2.81 bits per heavy atom. The average molecular weight is 371 g/mol. The molecular formula is C21H23ClN2O2. The van der Waals surface area contributed by atoms with Gasteiger partial charge in [0.05, 0.1) is 6.54 Å². The summed E-state index contributed by atoms with van der Waals surface area (Å²) >= 11 is 6.10. The van der Waals surface area contributed by atoms with Gasteiger partial charge in [0.25, 0.3) is 5.91 Å². The summed E-state index contributed by atoms with van der Waals surface area (Å²) in [6, 6.07) is 13.7.